The fourth-order valence-corrected chi connectivity index (χ4v) is 5.98. The van der Waals surface area contributed by atoms with Crippen molar-refractivity contribution < 1.29 is 4.57 Å². The van der Waals surface area contributed by atoms with Gasteiger partial charge in [0.2, 0.25) is 17.1 Å². The van der Waals surface area contributed by atoms with E-state index in [0.29, 0.717) is 0 Å². The van der Waals surface area contributed by atoms with Crippen molar-refractivity contribution in [2.45, 2.75) is 6.92 Å². The van der Waals surface area contributed by atoms with Crippen LogP contribution in [0.3, 0.4) is 0 Å². The molecule has 0 aliphatic rings. The number of pyridine rings is 1. The van der Waals surface area contributed by atoms with Gasteiger partial charge in [-0.2, -0.15) is 4.57 Å². The first kappa shape index (κ1) is 26.4. The van der Waals surface area contributed by atoms with Crippen LogP contribution in [0.1, 0.15) is 5.56 Å². The van der Waals surface area contributed by atoms with E-state index >= 15 is 0 Å². The number of benzene rings is 6. The molecule has 7 rings (SSSR count). The predicted octanol–water partition coefficient (Wildman–Crippen LogP) is 10.6. The van der Waals surface area contributed by atoms with E-state index in [1.54, 1.807) is 0 Å². The smallest absolute Gasteiger partial charge is 0.153 e. The molecule has 0 amide bonds. The van der Waals surface area contributed by atoms with Gasteiger partial charge >= 0.3 is 0 Å². The molecule has 1 heterocycles. The van der Waals surface area contributed by atoms with E-state index < -0.39 is 0 Å². The van der Waals surface area contributed by atoms with Crippen LogP contribution in [0, 0.1) is 6.92 Å². The van der Waals surface area contributed by atoms with Gasteiger partial charge in [-0.1, -0.05) is 127 Å². The van der Waals surface area contributed by atoms with E-state index in [2.05, 4.69) is 187 Å². The summed E-state index contributed by atoms with van der Waals surface area (Å²) in [4.78, 5) is 0. The molecule has 1 aromatic heterocycles. The molecule has 43 heavy (non-hydrogen) atoms. The lowest BCUT2D eigenvalue weighted by Crippen LogP contribution is -2.36. The molecule has 0 bridgehead atoms. The fraction of sp³-hybridized carbons (Fsp3) is 0.0238. The van der Waals surface area contributed by atoms with Gasteiger partial charge in [-0.05, 0) is 70.1 Å². The molecule has 0 radical (unpaired) electrons. The molecule has 0 spiro atoms. The summed E-state index contributed by atoms with van der Waals surface area (Å²) in [5.41, 5.74) is 14.3. The quantitative estimate of drug-likeness (QED) is 0.181. The van der Waals surface area contributed by atoms with Crippen molar-refractivity contribution >= 4 is 0 Å². The van der Waals surface area contributed by atoms with Gasteiger partial charge in [0.25, 0.3) is 0 Å². The van der Waals surface area contributed by atoms with E-state index in [1.165, 1.54) is 50.1 Å². The van der Waals surface area contributed by atoms with Crippen molar-refractivity contribution in [1.82, 2.24) is 0 Å². The van der Waals surface area contributed by atoms with Gasteiger partial charge in [-0.15, -0.1) is 0 Å². The van der Waals surface area contributed by atoms with Crippen LogP contribution in [-0.4, -0.2) is 0 Å². The second-order valence-electron chi connectivity index (χ2n) is 10.8. The van der Waals surface area contributed by atoms with Crippen molar-refractivity contribution in [2.24, 2.45) is 0 Å². The molecule has 1 nitrogen and oxygen atoms in total. The van der Waals surface area contributed by atoms with Crippen molar-refractivity contribution in [3.05, 3.63) is 181 Å². The van der Waals surface area contributed by atoms with Crippen LogP contribution in [0.25, 0.3) is 61.6 Å². The minimum absolute atomic E-state index is 1.13. The summed E-state index contributed by atoms with van der Waals surface area (Å²) in [6.07, 6.45) is 0. The number of aromatic nitrogens is 1. The Morgan fingerprint density at radius 3 is 1.02 bits per heavy atom. The highest BCUT2D eigenvalue weighted by molar-refractivity contribution is 5.81. The van der Waals surface area contributed by atoms with Crippen LogP contribution < -0.4 is 4.57 Å². The molecular weight excluding hydrogens is 518 g/mol. The maximum absolute atomic E-state index is 2.44. The van der Waals surface area contributed by atoms with Crippen molar-refractivity contribution in [2.75, 3.05) is 0 Å². The van der Waals surface area contributed by atoms with Crippen LogP contribution in [-0.2, 0) is 0 Å². The summed E-state index contributed by atoms with van der Waals surface area (Å²) < 4.78 is 2.44. The van der Waals surface area contributed by atoms with Gasteiger partial charge in [0.15, 0.2) is 0 Å². The number of rotatable bonds is 6. The lowest BCUT2D eigenvalue weighted by atomic mass is 9.91. The van der Waals surface area contributed by atoms with E-state index in [9.17, 15) is 0 Å². The second-order valence-corrected chi connectivity index (χ2v) is 10.8. The highest BCUT2D eigenvalue weighted by atomic mass is 15.0. The summed E-state index contributed by atoms with van der Waals surface area (Å²) in [6, 6.07) is 63.0. The summed E-state index contributed by atoms with van der Waals surface area (Å²) in [6.45, 7) is 2.24. The predicted molar refractivity (Wildman–Crippen MR) is 180 cm³/mol. The SMILES string of the molecule is Cc1c(-c2ccccc2)cc(-[n+]2c(-c3ccccc3)cc(-c3ccccc3)cc2-c2ccccc2)cc1-c1ccccc1. The molecule has 0 fully saturated rings. The molecule has 0 saturated carbocycles. The zero-order chi connectivity index (χ0) is 29.0. The van der Waals surface area contributed by atoms with Crippen molar-refractivity contribution in [3.63, 3.8) is 0 Å². The monoisotopic (exact) mass is 550 g/mol. The number of nitrogens with zero attached hydrogens (tertiary/aromatic N) is 1. The maximum Gasteiger partial charge on any atom is 0.219 e. The highest BCUT2D eigenvalue weighted by Gasteiger charge is 2.27. The summed E-state index contributed by atoms with van der Waals surface area (Å²) in [5.74, 6) is 0. The molecule has 0 unspecified atom stereocenters. The average Bonchev–Trinajstić information content (AvgIpc) is 3.10. The Balaban J connectivity index is 1.60. The van der Waals surface area contributed by atoms with Gasteiger partial charge in [-0.25, -0.2) is 0 Å². The molecule has 0 atom stereocenters. The Kier molecular flexibility index (Phi) is 7.21. The Bertz CT molecular complexity index is 1860. The zero-order valence-electron chi connectivity index (χ0n) is 24.2. The lowest BCUT2D eigenvalue weighted by Gasteiger charge is -2.17. The van der Waals surface area contributed by atoms with Crippen LogP contribution in [0.15, 0.2) is 176 Å². The van der Waals surface area contributed by atoms with E-state index in [4.69, 9.17) is 0 Å². The van der Waals surface area contributed by atoms with Gasteiger partial charge < -0.3 is 0 Å². The van der Waals surface area contributed by atoms with Gasteiger partial charge in [-0.3, -0.25) is 0 Å². The van der Waals surface area contributed by atoms with Gasteiger partial charge in [0.1, 0.15) is 0 Å². The summed E-state index contributed by atoms with van der Waals surface area (Å²) in [7, 11) is 0. The van der Waals surface area contributed by atoms with Gasteiger partial charge in [0, 0.05) is 35.4 Å². The van der Waals surface area contributed by atoms with Crippen molar-refractivity contribution in [3.8, 4) is 61.6 Å². The minimum Gasteiger partial charge on any atom is -0.153 e. The molecule has 204 valence electrons. The third-order valence-corrected chi connectivity index (χ3v) is 8.13. The first-order chi connectivity index (χ1) is 21.3. The maximum atomic E-state index is 2.44. The highest BCUT2D eigenvalue weighted by Crippen LogP contribution is 2.36. The first-order valence-corrected chi connectivity index (χ1v) is 14.8. The average molecular weight is 551 g/mol. The third kappa shape index (κ3) is 5.29. The van der Waals surface area contributed by atoms with E-state index in [1.807, 2.05) is 0 Å². The molecule has 0 N–H and O–H groups in total. The molecule has 0 saturated heterocycles. The standard InChI is InChI=1S/C42H32N/c1-31-39(33-19-9-3-10-20-33)29-38(30-40(31)34-21-11-4-12-22-34)43-41(35-23-13-5-14-24-35)27-37(32-17-7-2-8-18-32)28-42(43)36-25-15-6-16-26-36/h2-30H,1H3/q+1. The molecule has 0 aliphatic heterocycles. The zero-order valence-corrected chi connectivity index (χ0v) is 24.2. The molecule has 6 aromatic carbocycles. The van der Waals surface area contributed by atoms with E-state index in [-0.39, 0.29) is 0 Å². The number of hydrogen-bond donors (Lipinski definition) is 0. The summed E-state index contributed by atoms with van der Waals surface area (Å²) in [5, 5.41) is 0. The Morgan fingerprint density at radius 2 is 0.651 bits per heavy atom. The van der Waals surface area contributed by atoms with Crippen molar-refractivity contribution in [1.29, 1.82) is 0 Å². The number of hydrogen-bond acceptors (Lipinski definition) is 0. The van der Waals surface area contributed by atoms with Crippen LogP contribution in [0.4, 0.5) is 0 Å². The Morgan fingerprint density at radius 1 is 0.326 bits per heavy atom. The van der Waals surface area contributed by atoms with Crippen LogP contribution in [0.2, 0.25) is 0 Å². The lowest BCUT2D eigenvalue weighted by molar-refractivity contribution is -0.572. The normalized spacial score (nSPS) is 10.9. The Hall–Kier alpha value is -5.53. The van der Waals surface area contributed by atoms with Crippen LogP contribution in [0.5, 0.6) is 0 Å². The molecule has 7 aromatic rings. The molecular formula is C42H32N+. The molecule has 1 heteroatoms. The molecule has 0 aliphatic carbocycles. The topological polar surface area (TPSA) is 3.88 Å². The second kappa shape index (κ2) is 11.8. The van der Waals surface area contributed by atoms with Gasteiger partial charge in [0.05, 0.1) is 0 Å². The van der Waals surface area contributed by atoms with E-state index in [0.717, 1.165) is 17.1 Å². The van der Waals surface area contributed by atoms with Crippen LogP contribution >= 0.6 is 0 Å². The minimum atomic E-state index is 1.13. The fourth-order valence-electron chi connectivity index (χ4n) is 5.98. The third-order valence-electron chi connectivity index (χ3n) is 8.13. The summed E-state index contributed by atoms with van der Waals surface area (Å²) >= 11 is 0. The Labute approximate surface area is 254 Å². The first-order valence-electron chi connectivity index (χ1n) is 14.8. The largest absolute Gasteiger partial charge is 0.219 e.